The maximum absolute atomic E-state index is 13.8. The monoisotopic (exact) mass is 441 g/mol. The summed E-state index contributed by atoms with van der Waals surface area (Å²) >= 11 is 0. The van der Waals surface area contributed by atoms with Crippen molar-refractivity contribution < 1.29 is 26.0 Å². The Kier molecular flexibility index (Phi) is 6.30. The highest BCUT2D eigenvalue weighted by Crippen LogP contribution is 2.32. The van der Waals surface area contributed by atoms with Gasteiger partial charge in [-0.05, 0) is 49.2 Å². The normalized spacial score (nSPS) is 21.2. The molecule has 1 aliphatic rings. The first-order valence-corrected chi connectivity index (χ1v) is 12.6. The minimum Gasteiger partial charge on any atom is -0.495 e. The maximum Gasteiger partial charge on any atom is 0.187 e. The van der Waals surface area contributed by atoms with Crippen LogP contribution in [0.1, 0.15) is 11.1 Å². The van der Waals surface area contributed by atoms with Gasteiger partial charge in [0.05, 0.1) is 23.9 Å². The minimum atomic E-state index is -3.97. The van der Waals surface area contributed by atoms with Gasteiger partial charge in [0.1, 0.15) is 16.5 Å². The van der Waals surface area contributed by atoms with Crippen molar-refractivity contribution in [1.29, 1.82) is 0 Å². The number of hydrogen-bond donors (Lipinski definition) is 1. The van der Waals surface area contributed by atoms with Crippen molar-refractivity contribution in [3.63, 3.8) is 0 Å². The molecule has 9 heteroatoms. The van der Waals surface area contributed by atoms with Gasteiger partial charge in [-0.2, -0.15) is 0 Å². The van der Waals surface area contributed by atoms with E-state index in [1.165, 1.54) is 19.2 Å². The topological polar surface area (TPSA) is 89.5 Å². The Labute approximate surface area is 170 Å². The summed E-state index contributed by atoms with van der Waals surface area (Å²) in [5.41, 5.74) is 1.22. The molecular weight excluding hydrogens is 417 g/mol. The fourth-order valence-electron chi connectivity index (χ4n) is 3.57. The fraction of sp³-hybridized carbons (Fsp3) is 0.400. The first-order chi connectivity index (χ1) is 13.6. The summed E-state index contributed by atoms with van der Waals surface area (Å²) in [6.45, 7) is 2.02. The van der Waals surface area contributed by atoms with Gasteiger partial charge in [0.2, 0.25) is 0 Å². The van der Waals surface area contributed by atoms with Gasteiger partial charge in [-0.25, -0.2) is 21.2 Å². The molecule has 158 valence electrons. The van der Waals surface area contributed by atoms with Gasteiger partial charge in [0.25, 0.3) is 0 Å². The Bertz CT molecular complexity index is 1100. The second-order valence-corrected chi connectivity index (χ2v) is 11.5. The van der Waals surface area contributed by atoms with E-state index >= 15 is 0 Å². The van der Waals surface area contributed by atoms with E-state index in [1.807, 2.05) is 0 Å². The van der Waals surface area contributed by atoms with Crippen molar-refractivity contribution in [2.45, 2.75) is 29.5 Å². The summed E-state index contributed by atoms with van der Waals surface area (Å²) in [5, 5.41) is 1.89. The third-order valence-corrected chi connectivity index (χ3v) is 9.25. The molecule has 0 bridgehead atoms. The van der Waals surface area contributed by atoms with E-state index in [2.05, 4.69) is 5.32 Å². The molecule has 0 spiro atoms. The molecule has 2 aromatic rings. The standard InChI is InChI=1S/C20H24FNO5S2/c1-14-7-8-18(27-2)19(11-14)29(25,26)20-13-28(23,24)12-17(20)22-10-9-15-5-3-4-6-16(15)21/h3-8,11,17,20,22H,9-10,12-13H2,1-2H3/t17-,20-/m0/s1. The van der Waals surface area contributed by atoms with Crippen LogP contribution in [0.4, 0.5) is 4.39 Å². The molecule has 0 aliphatic carbocycles. The van der Waals surface area contributed by atoms with E-state index in [0.29, 0.717) is 12.0 Å². The molecule has 0 saturated carbocycles. The molecule has 3 rings (SSSR count). The average molecular weight is 442 g/mol. The van der Waals surface area contributed by atoms with Crippen molar-refractivity contribution in [1.82, 2.24) is 5.32 Å². The van der Waals surface area contributed by atoms with E-state index in [4.69, 9.17) is 4.74 Å². The van der Waals surface area contributed by atoms with Gasteiger partial charge in [-0.3, -0.25) is 0 Å². The predicted molar refractivity (Wildman–Crippen MR) is 109 cm³/mol. The molecule has 0 aromatic heterocycles. The zero-order chi connectivity index (χ0) is 21.2. The van der Waals surface area contributed by atoms with Crippen LogP contribution in [0.3, 0.4) is 0 Å². The summed E-state index contributed by atoms with van der Waals surface area (Å²) in [4.78, 5) is -0.0111. The average Bonchev–Trinajstić information content (AvgIpc) is 2.98. The molecule has 6 nitrogen and oxygen atoms in total. The Morgan fingerprint density at radius 3 is 2.59 bits per heavy atom. The van der Waals surface area contributed by atoms with Crippen LogP contribution in [0.2, 0.25) is 0 Å². The largest absolute Gasteiger partial charge is 0.495 e. The van der Waals surface area contributed by atoms with Crippen molar-refractivity contribution in [2.24, 2.45) is 0 Å². The molecule has 1 saturated heterocycles. The Morgan fingerprint density at radius 2 is 1.90 bits per heavy atom. The van der Waals surface area contributed by atoms with Gasteiger partial charge in [-0.15, -0.1) is 0 Å². The van der Waals surface area contributed by atoms with Crippen LogP contribution in [-0.2, 0) is 26.1 Å². The molecule has 0 amide bonds. The van der Waals surface area contributed by atoms with E-state index in [0.717, 1.165) is 5.56 Å². The van der Waals surface area contributed by atoms with Crippen LogP contribution >= 0.6 is 0 Å². The number of nitrogens with one attached hydrogen (secondary N) is 1. The number of aryl methyl sites for hydroxylation is 1. The fourth-order valence-corrected chi connectivity index (χ4v) is 8.53. The highest BCUT2D eigenvalue weighted by Gasteiger charge is 2.46. The third-order valence-electron chi connectivity index (χ3n) is 5.08. The van der Waals surface area contributed by atoms with Crippen LogP contribution in [0, 0.1) is 12.7 Å². The number of rotatable bonds is 7. The van der Waals surface area contributed by atoms with Crippen LogP contribution in [0.25, 0.3) is 0 Å². The van der Waals surface area contributed by atoms with Gasteiger partial charge in [0, 0.05) is 6.04 Å². The lowest BCUT2D eigenvalue weighted by atomic mass is 10.1. The molecular formula is C20H24FNO5S2. The van der Waals surface area contributed by atoms with Crippen molar-refractivity contribution in [3.8, 4) is 5.75 Å². The van der Waals surface area contributed by atoms with E-state index < -0.39 is 36.7 Å². The smallest absolute Gasteiger partial charge is 0.187 e. The number of halogens is 1. The molecule has 1 aliphatic heterocycles. The lowest BCUT2D eigenvalue weighted by molar-refractivity contribution is 0.402. The molecule has 0 radical (unpaired) electrons. The third kappa shape index (κ3) is 4.79. The lowest BCUT2D eigenvalue weighted by Crippen LogP contribution is -2.44. The molecule has 2 atom stereocenters. The molecule has 1 N–H and O–H groups in total. The van der Waals surface area contributed by atoms with Crippen molar-refractivity contribution in [2.75, 3.05) is 25.2 Å². The first kappa shape index (κ1) is 21.7. The van der Waals surface area contributed by atoms with Gasteiger partial charge in [0.15, 0.2) is 19.7 Å². The zero-order valence-electron chi connectivity index (χ0n) is 16.3. The summed E-state index contributed by atoms with van der Waals surface area (Å²) in [7, 11) is -6.12. The summed E-state index contributed by atoms with van der Waals surface area (Å²) in [5.74, 6) is -0.890. The first-order valence-electron chi connectivity index (χ1n) is 9.20. The minimum absolute atomic E-state index is 0.0111. The van der Waals surface area contributed by atoms with E-state index in [9.17, 15) is 21.2 Å². The maximum atomic E-state index is 13.8. The summed E-state index contributed by atoms with van der Waals surface area (Å²) in [6.07, 6.45) is 0.323. The van der Waals surface area contributed by atoms with Gasteiger partial charge < -0.3 is 10.1 Å². The van der Waals surface area contributed by atoms with Crippen LogP contribution in [-0.4, -0.2) is 53.3 Å². The van der Waals surface area contributed by atoms with E-state index in [-0.39, 0.29) is 28.8 Å². The Balaban J connectivity index is 1.84. The second kappa shape index (κ2) is 8.41. The Morgan fingerprint density at radius 1 is 1.17 bits per heavy atom. The zero-order valence-corrected chi connectivity index (χ0v) is 17.9. The molecule has 29 heavy (non-hydrogen) atoms. The van der Waals surface area contributed by atoms with Gasteiger partial charge in [-0.1, -0.05) is 24.3 Å². The molecule has 1 heterocycles. The highest BCUT2D eigenvalue weighted by molar-refractivity contribution is 7.96. The molecule has 0 unspecified atom stereocenters. The number of benzene rings is 2. The number of hydrogen-bond acceptors (Lipinski definition) is 6. The van der Waals surface area contributed by atoms with Crippen LogP contribution in [0.5, 0.6) is 5.75 Å². The predicted octanol–water partition coefficient (Wildman–Crippen LogP) is 1.91. The highest BCUT2D eigenvalue weighted by atomic mass is 32.2. The van der Waals surface area contributed by atoms with Crippen molar-refractivity contribution >= 4 is 19.7 Å². The molecule has 2 aromatic carbocycles. The summed E-state index contributed by atoms with van der Waals surface area (Å²) in [6, 6.07) is 10.3. The second-order valence-electron chi connectivity index (χ2n) is 7.22. The number of sulfone groups is 2. The lowest BCUT2D eigenvalue weighted by Gasteiger charge is -2.21. The van der Waals surface area contributed by atoms with Gasteiger partial charge >= 0.3 is 0 Å². The molecule has 1 fully saturated rings. The van der Waals surface area contributed by atoms with Crippen molar-refractivity contribution in [3.05, 3.63) is 59.4 Å². The number of ether oxygens (including phenoxy) is 1. The Hall–Kier alpha value is -1.97. The van der Waals surface area contributed by atoms with Crippen LogP contribution < -0.4 is 10.1 Å². The SMILES string of the molecule is COc1ccc(C)cc1S(=O)(=O)[C@H]1CS(=O)(=O)C[C@@H]1NCCc1ccccc1F. The van der Waals surface area contributed by atoms with Crippen LogP contribution in [0.15, 0.2) is 47.4 Å². The quantitative estimate of drug-likeness (QED) is 0.706. The van der Waals surface area contributed by atoms with E-state index in [1.54, 1.807) is 37.3 Å². The summed E-state index contributed by atoms with van der Waals surface area (Å²) < 4.78 is 70.1. The number of methoxy groups -OCH3 is 1.